The SMILES string of the molecule is c1ccc2c(c1)Oc1ccc(-c3cc(-c4ccc5ccccc5c4)nc(-c4ccc(C56CC7C8C[C@@H](C5)CC7(C8)C6)cc4)n3)cc1C21c2ccccc2-c2ccccc21. The molecular weight excluding hydrogens is 717 g/mol. The number of rotatable bonds is 4. The Hall–Kier alpha value is -6.32. The van der Waals surface area contributed by atoms with Crippen LogP contribution in [-0.4, -0.2) is 9.97 Å². The molecule has 7 aliphatic rings. The second-order valence-electron chi connectivity index (χ2n) is 18.9. The third-order valence-corrected chi connectivity index (χ3v) is 16.0. The molecule has 5 atom stereocenters. The van der Waals surface area contributed by atoms with Gasteiger partial charge in [0.1, 0.15) is 11.5 Å². The van der Waals surface area contributed by atoms with E-state index in [-0.39, 0.29) is 0 Å². The van der Waals surface area contributed by atoms with Gasteiger partial charge in [-0.05, 0) is 142 Å². The van der Waals surface area contributed by atoms with Gasteiger partial charge in [0.2, 0.25) is 0 Å². The summed E-state index contributed by atoms with van der Waals surface area (Å²) in [5.74, 6) is 5.42. The molecule has 0 saturated heterocycles. The Bertz CT molecular complexity index is 3040. The Morgan fingerprint density at radius 3 is 1.93 bits per heavy atom. The van der Waals surface area contributed by atoms with Crippen LogP contribution in [0.25, 0.3) is 55.8 Å². The second-order valence-corrected chi connectivity index (χ2v) is 18.9. The third kappa shape index (κ3) is 4.33. The molecule has 2 spiro atoms. The van der Waals surface area contributed by atoms with E-state index in [1.165, 1.54) is 71.6 Å². The van der Waals surface area contributed by atoms with Crippen LogP contribution in [0.5, 0.6) is 11.5 Å². The lowest BCUT2D eigenvalue weighted by Crippen LogP contribution is -2.52. The maximum atomic E-state index is 6.79. The van der Waals surface area contributed by atoms with E-state index in [1.54, 1.807) is 5.56 Å². The smallest absolute Gasteiger partial charge is 0.160 e. The van der Waals surface area contributed by atoms with E-state index in [1.807, 2.05) is 0 Å². The topological polar surface area (TPSA) is 35.0 Å². The minimum Gasteiger partial charge on any atom is -0.457 e. The monoisotopic (exact) mass is 758 g/mol. The largest absolute Gasteiger partial charge is 0.457 e. The first-order valence-electron chi connectivity index (χ1n) is 21.7. The van der Waals surface area contributed by atoms with E-state index in [0.29, 0.717) is 10.8 Å². The lowest BCUT2D eigenvalue weighted by atomic mass is 9.44. The summed E-state index contributed by atoms with van der Waals surface area (Å²) in [6, 6.07) is 60.1. The predicted octanol–water partition coefficient (Wildman–Crippen LogP) is 13.6. The maximum Gasteiger partial charge on any atom is 0.160 e. The van der Waals surface area contributed by atoms with E-state index in [2.05, 4.69) is 164 Å². The highest BCUT2D eigenvalue weighted by atomic mass is 16.5. The maximum absolute atomic E-state index is 6.79. The molecule has 3 nitrogen and oxygen atoms in total. The van der Waals surface area contributed by atoms with Gasteiger partial charge in [0.25, 0.3) is 0 Å². The predicted molar refractivity (Wildman–Crippen MR) is 236 cm³/mol. The van der Waals surface area contributed by atoms with E-state index in [4.69, 9.17) is 14.7 Å². The fraction of sp³-hybridized carbons (Fsp3) is 0.214. The number of fused-ring (bicyclic) bond motifs is 11. The van der Waals surface area contributed by atoms with E-state index in [9.17, 15) is 0 Å². The fourth-order valence-corrected chi connectivity index (χ4v) is 14.0. The molecule has 1 aromatic heterocycles. The van der Waals surface area contributed by atoms with Gasteiger partial charge in [-0.15, -0.1) is 0 Å². The summed E-state index contributed by atoms with van der Waals surface area (Å²) in [6.07, 6.45) is 8.64. The van der Waals surface area contributed by atoms with Crippen molar-refractivity contribution in [2.24, 2.45) is 23.2 Å². The zero-order valence-corrected chi connectivity index (χ0v) is 32.9. The Morgan fingerprint density at radius 1 is 0.492 bits per heavy atom. The van der Waals surface area contributed by atoms with Gasteiger partial charge < -0.3 is 4.74 Å². The van der Waals surface area contributed by atoms with Crippen LogP contribution in [0.15, 0.2) is 164 Å². The first-order chi connectivity index (χ1) is 29.1. The Balaban J connectivity index is 0.944. The summed E-state index contributed by atoms with van der Waals surface area (Å²) < 4.78 is 6.79. The molecule has 282 valence electrons. The van der Waals surface area contributed by atoms with Crippen molar-refractivity contribution in [3.63, 3.8) is 0 Å². The highest BCUT2D eigenvalue weighted by Gasteiger charge is 2.70. The molecule has 4 bridgehead atoms. The van der Waals surface area contributed by atoms with Gasteiger partial charge in [0.15, 0.2) is 5.82 Å². The van der Waals surface area contributed by atoms with E-state index in [0.717, 1.165) is 74.3 Å². The summed E-state index contributed by atoms with van der Waals surface area (Å²) in [5.41, 5.74) is 14.4. The number of hydrogen-bond donors (Lipinski definition) is 0. The number of benzene rings is 7. The Labute approximate surface area is 344 Å². The van der Waals surface area contributed by atoms with Crippen LogP contribution >= 0.6 is 0 Å². The number of ether oxygens (including phenoxy) is 1. The zero-order valence-electron chi connectivity index (χ0n) is 32.9. The molecule has 3 heteroatoms. The van der Waals surface area contributed by atoms with E-state index >= 15 is 0 Å². The molecule has 0 radical (unpaired) electrons. The number of aromatic nitrogens is 2. The van der Waals surface area contributed by atoms with Crippen molar-refractivity contribution in [2.75, 3.05) is 0 Å². The molecule has 1 aliphatic heterocycles. The van der Waals surface area contributed by atoms with Crippen molar-refractivity contribution in [2.45, 2.75) is 49.4 Å². The highest BCUT2D eigenvalue weighted by molar-refractivity contribution is 5.90. The minimum atomic E-state index is -0.544. The van der Waals surface area contributed by atoms with Crippen molar-refractivity contribution in [1.82, 2.24) is 9.97 Å². The third-order valence-electron chi connectivity index (χ3n) is 16.0. The average molecular weight is 759 g/mol. The summed E-state index contributed by atoms with van der Waals surface area (Å²) in [4.78, 5) is 10.8. The fourth-order valence-electron chi connectivity index (χ4n) is 14.0. The van der Waals surface area contributed by atoms with Gasteiger partial charge in [0, 0.05) is 27.8 Å². The van der Waals surface area contributed by atoms with Crippen LogP contribution in [0, 0.1) is 23.2 Å². The van der Waals surface area contributed by atoms with Crippen molar-refractivity contribution in [3.05, 3.63) is 192 Å². The van der Waals surface area contributed by atoms with Gasteiger partial charge in [-0.1, -0.05) is 127 Å². The van der Waals surface area contributed by atoms with Gasteiger partial charge in [-0.3, -0.25) is 0 Å². The minimum absolute atomic E-state index is 0.355. The van der Waals surface area contributed by atoms with Crippen LogP contribution < -0.4 is 4.74 Å². The molecule has 0 amide bonds. The summed E-state index contributed by atoms with van der Waals surface area (Å²) in [6.45, 7) is 0. The normalized spacial score (nSPS) is 25.5. The average Bonchev–Trinajstić information content (AvgIpc) is 3.64. The van der Waals surface area contributed by atoms with Crippen LogP contribution in [0.1, 0.15) is 66.3 Å². The number of nitrogens with zero attached hydrogens (tertiary/aromatic N) is 2. The molecule has 15 rings (SSSR count). The zero-order chi connectivity index (χ0) is 38.5. The molecule has 7 aromatic carbocycles. The number of para-hydroxylation sites is 1. The summed E-state index contributed by atoms with van der Waals surface area (Å²) in [5, 5.41) is 2.43. The van der Waals surface area contributed by atoms with Gasteiger partial charge in [-0.25, -0.2) is 9.97 Å². The first-order valence-corrected chi connectivity index (χ1v) is 21.7. The molecule has 6 aliphatic carbocycles. The van der Waals surface area contributed by atoms with Gasteiger partial charge in [-0.2, -0.15) is 0 Å². The molecule has 8 aromatic rings. The quantitative estimate of drug-likeness (QED) is 0.179. The number of hydrogen-bond acceptors (Lipinski definition) is 3. The lowest BCUT2D eigenvalue weighted by Gasteiger charge is -2.60. The van der Waals surface area contributed by atoms with Crippen molar-refractivity contribution < 1.29 is 4.74 Å². The summed E-state index contributed by atoms with van der Waals surface area (Å²) >= 11 is 0. The van der Waals surface area contributed by atoms with Gasteiger partial charge in [0.05, 0.1) is 16.8 Å². The molecule has 0 N–H and O–H groups in total. The molecule has 4 unspecified atom stereocenters. The highest BCUT2D eigenvalue weighted by Crippen LogP contribution is 2.78. The Morgan fingerprint density at radius 2 is 1.14 bits per heavy atom. The molecule has 2 heterocycles. The summed E-state index contributed by atoms with van der Waals surface area (Å²) in [7, 11) is 0. The lowest BCUT2D eigenvalue weighted by molar-refractivity contribution is -0.104. The van der Waals surface area contributed by atoms with Crippen LogP contribution in [-0.2, 0) is 10.8 Å². The van der Waals surface area contributed by atoms with Gasteiger partial charge >= 0.3 is 0 Å². The molecule has 59 heavy (non-hydrogen) atoms. The standard InChI is InChI=1S/C56H42N2O/c1-2-10-37-26-38(18-17-35(37)9-1)49-28-50(58-53(57-49)36-19-22-41(23-20-36)54-29-34-25-40-31-55(30-34,33-54)48(40)32-54)39-21-24-52-47(27-39)56(46-15-7-8-16-51(46)59-52)44-13-5-3-11-42(44)43-12-4-6-14-45(43)56/h1-24,26-28,34,40,48H,25,29-33H2/t34-,40?,48?,54?,55?/m0/s1. The second kappa shape index (κ2) is 11.4. The van der Waals surface area contributed by atoms with Crippen LogP contribution in [0.3, 0.4) is 0 Å². The van der Waals surface area contributed by atoms with E-state index < -0.39 is 5.41 Å². The van der Waals surface area contributed by atoms with Crippen LogP contribution in [0.4, 0.5) is 0 Å². The molecule has 5 saturated carbocycles. The first kappa shape index (κ1) is 32.6. The van der Waals surface area contributed by atoms with Crippen molar-refractivity contribution in [3.8, 4) is 56.5 Å². The Kier molecular flexibility index (Phi) is 6.33. The molecular formula is C56H42N2O. The van der Waals surface area contributed by atoms with Crippen molar-refractivity contribution in [1.29, 1.82) is 0 Å². The molecule has 5 fully saturated rings. The van der Waals surface area contributed by atoms with Crippen molar-refractivity contribution >= 4 is 10.8 Å². The van der Waals surface area contributed by atoms with Crippen LogP contribution in [0.2, 0.25) is 0 Å².